The topological polar surface area (TPSA) is 34.1 Å². The lowest BCUT2D eigenvalue weighted by Gasteiger charge is -2.20. The van der Waals surface area contributed by atoms with Crippen molar-refractivity contribution in [3.05, 3.63) is 23.9 Å². The van der Waals surface area contributed by atoms with Crippen LogP contribution in [0.15, 0.2) is 18.3 Å². The number of aromatic nitrogens is 1. The van der Waals surface area contributed by atoms with Crippen LogP contribution in [0.5, 0.6) is 5.88 Å². The predicted octanol–water partition coefficient (Wildman–Crippen LogP) is 2.76. The van der Waals surface area contributed by atoms with Crippen molar-refractivity contribution in [2.24, 2.45) is 0 Å². The summed E-state index contributed by atoms with van der Waals surface area (Å²) in [5.74, 6) is 0.689. The Hall–Kier alpha value is -1.09. The molecule has 0 unspecified atom stereocenters. The molecule has 0 spiro atoms. The molecule has 1 rings (SSSR count). The molecule has 0 bridgehead atoms. The zero-order chi connectivity index (χ0) is 12.2. The first kappa shape index (κ1) is 13.0. The molecule has 0 aliphatic carbocycles. The van der Waals surface area contributed by atoms with E-state index in [0.29, 0.717) is 5.88 Å². The highest BCUT2D eigenvalue weighted by Crippen LogP contribution is 2.10. The first-order valence-corrected chi connectivity index (χ1v) is 5.73. The Bertz CT molecular complexity index is 312. The van der Waals surface area contributed by atoms with Gasteiger partial charge in [0.15, 0.2) is 0 Å². The minimum atomic E-state index is 0.132. The Morgan fingerprint density at radius 2 is 2.00 bits per heavy atom. The van der Waals surface area contributed by atoms with Crippen LogP contribution >= 0.6 is 0 Å². The minimum Gasteiger partial charge on any atom is -0.475 e. The summed E-state index contributed by atoms with van der Waals surface area (Å²) in [6, 6.07) is 3.96. The lowest BCUT2D eigenvalue weighted by atomic mass is 10.1. The first-order valence-electron chi connectivity index (χ1n) is 5.73. The van der Waals surface area contributed by atoms with Gasteiger partial charge in [-0.15, -0.1) is 0 Å². The van der Waals surface area contributed by atoms with E-state index < -0.39 is 0 Å². The summed E-state index contributed by atoms with van der Waals surface area (Å²) in [6.07, 6.45) is 2.03. The maximum Gasteiger partial charge on any atom is 0.213 e. The lowest BCUT2D eigenvalue weighted by Crippen LogP contribution is -2.35. The second-order valence-corrected chi connectivity index (χ2v) is 5.27. The molecule has 0 saturated carbocycles. The molecular formula is C13H22N2O. The molecule has 1 aromatic rings. The summed E-state index contributed by atoms with van der Waals surface area (Å²) in [5.41, 5.74) is 1.30. The van der Waals surface area contributed by atoms with Crippen LogP contribution in [0.3, 0.4) is 0 Å². The Morgan fingerprint density at radius 1 is 1.31 bits per heavy atom. The lowest BCUT2D eigenvalue weighted by molar-refractivity contribution is 0.232. The smallest absolute Gasteiger partial charge is 0.213 e. The van der Waals surface area contributed by atoms with Crippen molar-refractivity contribution in [2.45, 2.75) is 52.8 Å². The van der Waals surface area contributed by atoms with Crippen LogP contribution in [0.1, 0.15) is 40.2 Å². The maximum absolute atomic E-state index is 5.48. The summed E-state index contributed by atoms with van der Waals surface area (Å²) in [4.78, 5) is 4.26. The molecule has 3 heteroatoms. The van der Waals surface area contributed by atoms with E-state index in [1.807, 2.05) is 32.2 Å². The molecule has 3 nitrogen and oxygen atoms in total. The SMILES string of the molecule is CC(C)Oc1ccc(CNC(C)(C)C)cn1. The van der Waals surface area contributed by atoms with Gasteiger partial charge in [-0.05, 0) is 40.2 Å². The number of pyridine rings is 1. The van der Waals surface area contributed by atoms with Gasteiger partial charge in [-0.1, -0.05) is 6.07 Å². The molecule has 0 saturated heterocycles. The summed E-state index contributed by atoms with van der Waals surface area (Å²) in [7, 11) is 0. The van der Waals surface area contributed by atoms with Crippen LogP contribution in [0.25, 0.3) is 0 Å². The van der Waals surface area contributed by atoms with Crippen LogP contribution in [0.4, 0.5) is 0 Å². The van der Waals surface area contributed by atoms with E-state index in [1.54, 1.807) is 0 Å². The highest BCUT2D eigenvalue weighted by Gasteiger charge is 2.08. The second kappa shape index (κ2) is 5.30. The standard InChI is InChI=1S/C13H22N2O/c1-10(2)16-12-7-6-11(8-14-12)9-15-13(3,4)5/h6-8,10,15H,9H2,1-5H3. The molecule has 0 aromatic carbocycles. The van der Waals surface area contributed by atoms with Gasteiger partial charge in [0.05, 0.1) is 6.10 Å². The average molecular weight is 222 g/mol. The fourth-order valence-corrected chi connectivity index (χ4v) is 1.19. The van der Waals surface area contributed by atoms with Crippen molar-refractivity contribution in [3.8, 4) is 5.88 Å². The van der Waals surface area contributed by atoms with Gasteiger partial charge in [0.25, 0.3) is 0 Å². The first-order chi connectivity index (χ1) is 7.37. The van der Waals surface area contributed by atoms with Gasteiger partial charge in [0, 0.05) is 24.3 Å². The van der Waals surface area contributed by atoms with Crippen LogP contribution in [0.2, 0.25) is 0 Å². The van der Waals surface area contributed by atoms with Crippen molar-refractivity contribution < 1.29 is 4.74 Å². The summed E-state index contributed by atoms with van der Waals surface area (Å²) >= 11 is 0. The molecular weight excluding hydrogens is 200 g/mol. The number of ether oxygens (including phenoxy) is 1. The molecule has 0 amide bonds. The summed E-state index contributed by atoms with van der Waals surface area (Å²) < 4.78 is 5.48. The second-order valence-electron chi connectivity index (χ2n) is 5.27. The van der Waals surface area contributed by atoms with Gasteiger partial charge in [-0.25, -0.2) is 4.98 Å². The van der Waals surface area contributed by atoms with Crippen molar-refractivity contribution in [3.63, 3.8) is 0 Å². The molecule has 0 aliphatic rings. The van der Waals surface area contributed by atoms with E-state index in [1.165, 1.54) is 5.56 Å². The summed E-state index contributed by atoms with van der Waals surface area (Å²) in [5, 5.41) is 3.42. The van der Waals surface area contributed by atoms with Crippen molar-refractivity contribution in [1.82, 2.24) is 10.3 Å². The number of rotatable bonds is 4. The van der Waals surface area contributed by atoms with Crippen molar-refractivity contribution in [2.75, 3.05) is 0 Å². The van der Waals surface area contributed by atoms with Gasteiger partial charge in [0.2, 0.25) is 5.88 Å². The van der Waals surface area contributed by atoms with Gasteiger partial charge in [-0.3, -0.25) is 0 Å². The van der Waals surface area contributed by atoms with Crippen LogP contribution in [-0.4, -0.2) is 16.6 Å². The van der Waals surface area contributed by atoms with Crippen molar-refractivity contribution >= 4 is 0 Å². The molecule has 1 N–H and O–H groups in total. The van der Waals surface area contributed by atoms with Gasteiger partial charge in [0.1, 0.15) is 0 Å². The Kier molecular flexibility index (Phi) is 4.30. The fourth-order valence-electron chi connectivity index (χ4n) is 1.19. The Balaban J connectivity index is 2.51. The molecule has 0 radical (unpaired) electrons. The fraction of sp³-hybridized carbons (Fsp3) is 0.615. The molecule has 1 heterocycles. The van der Waals surface area contributed by atoms with E-state index >= 15 is 0 Å². The summed E-state index contributed by atoms with van der Waals surface area (Å²) in [6.45, 7) is 11.3. The van der Waals surface area contributed by atoms with Crippen LogP contribution in [0, 0.1) is 0 Å². The third-order valence-corrected chi connectivity index (χ3v) is 1.98. The van der Waals surface area contributed by atoms with Crippen LogP contribution in [-0.2, 0) is 6.54 Å². The number of hydrogen-bond donors (Lipinski definition) is 1. The number of nitrogens with zero attached hydrogens (tertiary/aromatic N) is 1. The van der Waals surface area contributed by atoms with E-state index in [0.717, 1.165) is 6.54 Å². The van der Waals surface area contributed by atoms with E-state index in [-0.39, 0.29) is 11.6 Å². The van der Waals surface area contributed by atoms with Gasteiger partial charge < -0.3 is 10.1 Å². The zero-order valence-corrected chi connectivity index (χ0v) is 10.9. The zero-order valence-electron chi connectivity index (χ0n) is 10.9. The minimum absolute atomic E-state index is 0.132. The van der Waals surface area contributed by atoms with E-state index in [4.69, 9.17) is 4.74 Å². The molecule has 90 valence electrons. The molecule has 16 heavy (non-hydrogen) atoms. The maximum atomic E-state index is 5.48. The number of nitrogens with one attached hydrogen (secondary N) is 1. The largest absolute Gasteiger partial charge is 0.475 e. The Labute approximate surface area is 98.2 Å². The normalized spacial score (nSPS) is 11.9. The quantitative estimate of drug-likeness (QED) is 0.850. The van der Waals surface area contributed by atoms with E-state index in [2.05, 4.69) is 31.1 Å². The third-order valence-electron chi connectivity index (χ3n) is 1.98. The molecule has 0 fully saturated rings. The molecule has 1 aromatic heterocycles. The molecule has 0 aliphatic heterocycles. The Morgan fingerprint density at radius 3 is 2.44 bits per heavy atom. The highest BCUT2D eigenvalue weighted by atomic mass is 16.5. The monoisotopic (exact) mass is 222 g/mol. The number of hydrogen-bond acceptors (Lipinski definition) is 3. The highest BCUT2D eigenvalue weighted by molar-refractivity contribution is 5.18. The van der Waals surface area contributed by atoms with Crippen LogP contribution < -0.4 is 10.1 Å². The van der Waals surface area contributed by atoms with Gasteiger partial charge >= 0.3 is 0 Å². The van der Waals surface area contributed by atoms with Gasteiger partial charge in [-0.2, -0.15) is 0 Å². The van der Waals surface area contributed by atoms with E-state index in [9.17, 15) is 0 Å². The predicted molar refractivity (Wildman–Crippen MR) is 66.6 cm³/mol. The van der Waals surface area contributed by atoms with Crippen molar-refractivity contribution in [1.29, 1.82) is 0 Å². The average Bonchev–Trinajstić information content (AvgIpc) is 2.14. The third kappa shape index (κ3) is 5.12. The molecule has 0 atom stereocenters.